The lowest BCUT2D eigenvalue weighted by Gasteiger charge is -2.42. The molecule has 1 aromatic heterocycles. The first kappa shape index (κ1) is 11.6. The van der Waals surface area contributed by atoms with E-state index in [4.69, 9.17) is 0 Å². The average molecular weight is 252 g/mol. The smallest absolute Gasteiger partial charge is 0.0794 e. The van der Waals surface area contributed by atoms with E-state index >= 15 is 0 Å². The van der Waals surface area contributed by atoms with E-state index in [9.17, 15) is 5.11 Å². The Labute approximate surface area is 106 Å². The molecule has 4 heteroatoms. The zero-order chi connectivity index (χ0) is 11.7. The zero-order valence-electron chi connectivity index (χ0n) is 10.1. The van der Waals surface area contributed by atoms with E-state index in [1.165, 1.54) is 37.1 Å². The molecular weight excluding hydrogens is 232 g/mol. The number of thiazole rings is 1. The lowest BCUT2D eigenvalue weighted by Crippen LogP contribution is -2.46. The number of nitrogens with zero attached hydrogens (tertiary/aromatic N) is 2. The predicted octanol–water partition coefficient (Wildman–Crippen LogP) is 2.27. The molecule has 17 heavy (non-hydrogen) atoms. The van der Waals surface area contributed by atoms with Crippen LogP contribution >= 0.6 is 11.3 Å². The summed E-state index contributed by atoms with van der Waals surface area (Å²) in [6, 6.07) is 0. The Bertz CT molecular complexity index is 368. The molecule has 1 saturated heterocycles. The highest BCUT2D eigenvalue weighted by Gasteiger charge is 2.44. The Balaban J connectivity index is 1.67. The maximum absolute atomic E-state index is 10.2. The Morgan fingerprint density at radius 2 is 2.35 bits per heavy atom. The summed E-state index contributed by atoms with van der Waals surface area (Å²) in [7, 11) is 0. The number of hydrogen-bond acceptors (Lipinski definition) is 4. The van der Waals surface area contributed by atoms with Gasteiger partial charge in [-0.2, -0.15) is 0 Å². The van der Waals surface area contributed by atoms with Crippen LogP contribution in [0.4, 0.5) is 0 Å². The second-order valence-corrected chi connectivity index (χ2v) is 6.52. The fourth-order valence-electron chi connectivity index (χ4n) is 3.53. The topological polar surface area (TPSA) is 36.4 Å². The van der Waals surface area contributed by atoms with E-state index in [1.54, 1.807) is 11.3 Å². The first-order valence-electron chi connectivity index (χ1n) is 6.56. The Hall–Kier alpha value is -0.450. The van der Waals surface area contributed by atoms with Crippen molar-refractivity contribution in [2.24, 2.45) is 5.41 Å². The van der Waals surface area contributed by atoms with Crippen LogP contribution in [0.15, 0.2) is 11.7 Å². The molecule has 2 aliphatic rings. The minimum absolute atomic E-state index is 0.0632. The van der Waals surface area contributed by atoms with Crippen LogP contribution in [0, 0.1) is 5.41 Å². The van der Waals surface area contributed by atoms with Gasteiger partial charge in [0.1, 0.15) is 0 Å². The van der Waals surface area contributed by atoms with Gasteiger partial charge in [0.05, 0.1) is 11.6 Å². The first-order valence-corrected chi connectivity index (χ1v) is 7.44. The monoisotopic (exact) mass is 252 g/mol. The minimum Gasteiger partial charge on any atom is -0.393 e. The van der Waals surface area contributed by atoms with Gasteiger partial charge in [-0.1, -0.05) is 6.42 Å². The summed E-state index contributed by atoms with van der Waals surface area (Å²) in [4.78, 5) is 7.98. The third kappa shape index (κ3) is 2.26. The van der Waals surface area contributed by atoms with Crippen LogP contribution in [-0.4, -0.2) is 34.2 Å². The van der Waals surface area contributed by atoms with Crippen molar-refractivity contribution in [1.82, 2.24) is 9.88 Å². The Morgan fingerprint density at radius 3 is 3.06 bits per heavy atom. The standard InChI is InChI=1S/C13H20N2OS/c16-12-3-1-4-13(12)5-2-6-15(9-13)8-11-7-14-10-17-11/h7,10,12,16H,1-6,8-9H2/t12-,13+/m1/s1. The molecule has 1 aliphatic heterocycles. The van der Waals surface area contributed by atoms with Crippen molar-refractivity contribution in [3.63, 3.8) is 0 Å². The van der Waals surface area contributed by atoms with Crippen molar-refractivity contribution < 1.29 is 5.11 Å². The molecule has 1 saturated carbocycles. The summed E-state index contributed by atoms with van der Waals surface area (Å²) < 4.78 is 0. The number of aromatic nitrogens is 1. The van der Waals surface area contributed by atoms with Gasteiger partial charge < -0.3 is 5.11 Å². The van der Waals surface area contributed by atoms with E-state index in [0.717, 1.165) is 19.5 Å². The van der Waals surface area contributed by atoms with Crippen molar-refractivity contribution in [2.45, 2.75) is 44.8 Å². The highest BCUT2D eigenvalue weighted by molar-refractivity contribution is 7.09. The van der Waals surface area contributed by atoms with Crippen molar-refractivity contribution in [1.29, 1.82) is 0 Å². The number of likely N-dealkylation sites (tertiary alicyclic amines) is 1. The average Bonchev–Trinajstić information content (AvgIpc) is 2.92. The Kier molecular flexibility index (Phi) is 3.19. The first-order chi connectivity index (χ1) is 8.28. The van der Waals surface area contributed by atoms with E-state index in [1.807, 2.05) is 11.7 Å². The number of aliphatic hydroxyl groups is 1. The van der Waals surface area contributed by atoms with Crippen molar-refractivity contribution in [3.8, 4) is 0 Å². The molecule has 2 fully saturated rings. The SMILES string of the molecule is O[C@@H]1CCC[C@@]12CCCN(Cc1cncs1)C2. The molecule has 0 unspecified atom stereocenters. The number of rotatable bonds is 2. The molecule has 3 rings (SSSR count). The maximum atomic E-state index is 10.2. The molecule has 1 aromatic rings. The number of piperidine rings is 1. The number of hydrogen-bond donors (Lipinski definition) is 1. The van der Waals surface area contributed by atoms with Crippen LogP contribution in [-0.2, 0) is 6.54 Å². The molecule has 1 aliphatic carbocycles. The quantitative estimate of drug-likeness (QED) is 0.877. The summed E-state index contributed by atoms with van der Waals surface area (Å²) in [6.07, 6.45) is 7.78. The van der Waals surface area contributed by atoms with Crippen molar-refractivity contribution in [3.05, 3.63) is 16.6 Å². The van der Waals surface area contributed by atoms with E-state index in [-0.39, 0.29) is 11.5 Å². The molecule has 2 heterocycles. The van der Waals surface area contributed by atoms with Gasteiger partial charge in [0.15, 0.2) is 0 Å². The van der Waals surface area contributed by atoms with Gasteiger partial charge in [0.2, 0.25) is 0 Å². The molecule has 2 atom stereocenters. The largest absolute Gasteiger partial charge is 0.393 e. The van der Waals surface area contributed by atoms with Gasteiger partial charge in [-0.05, 0) is 32.2 Å². The van der Waals surface area contributed by atoms with Crippen LogP contribution in [0.1, 0.15) is 37.0 Å². The van der Waals surface area contributed by atoms with E-state index in [0.29, 0.717) is 0 Å². The van der Waals surface area contributed by atoms with E-state index < -0.39 is 0 Å². The molecule has 3 nitrogen and oxygen atoms in total. The summed E-state index contributed by atoms with van der Waals surface area (Å²) in [6.45, 7) is 3.26. The summed E-state index contributed by atoms with van der Waals surface area (Å²) >= 11 is 1.73. The summed E-state index contributed by atoms with van der Waals surface area (Å²) in [5.41, 5.74) is 2.11. The molecule has 0 bridgehead atoms. The molecule has 0 amide bonds. The third-order valence-corrected chi connectivity index (χ3v) is 5.17. The molecular formula is C13H20N2OS. The molecule has 1 spiro atoms. The fourth-order valence-corrected chi connectivity index (χ4v) is 4.17. The third-order valence-electron chi connectivity index (χ3n) is 4.41. The van der Waals surface area contributed by atoms with Crippen molar-refractivity contribution >= 4 is 11.3 Å². The zero-order valence-corrected chi connectivity index (χ0v) is 11.0. The van der Waals surface area contributed by atoms with Crippen LogP contribution in [0.25, 0.3) is 0 Å². The summed E-state index contributed by atoms with van der Waals surface area (Å²) in [5.74, 6) is 0. The maximum Gasteiger partial charge on any atom is 0.0794 e. The normalized spacial score (nSPS) is 34.5. The van der Waals surface area contributed by atoms with Gasteiger partial charge in [-0.25, -0.2) is 0 Å². The highest BCUT2D eigenvalue weighted by Crippen LogP contribution is 2.45. The van der Waals surface area contributed by atoms with Gasteiger partial charge in [0, 0.05) is 29.6 Å². The van der Waals surface area contributed by atoms with E-state index in [2.05, 4.69) is 9.88 Å². The van der Waals surface area contributed by atoms with Crippen molar-refractivity contribution in [2.75, 3.05) is 13.1 Å². The second-order valence-electron chi connectivity index (χ2n) is 5.55. The number of aliphatic hydroxyl groups excluding tert-OH is 1. The van der Waals surface area contributed by atoms with Gasteiger partial charge in [-0.15, -0.1) is 11.3 Å². The van der Waals surface area contributed by atoms with Crippen LogP contribution in [0.3, 0.4) is 0 Å². The minimum atomic E-state index is -0.0632. The van der Waals surface area contributed by atoms with Crippen LogP contribution in [0.2, 0.25) is 0 Å². The fraction of sp³-hybridized carbons (Fsp3) is 0.769. The van der Waals surface area contributed by atoms with Crippen LogP contribution in [0.5, 0.6) is 0 Å². The molecule has 1 N–H and O–H groups in total. The Morgan fingerprint density at radius 1 is 1.47 bits per heavy atom. The lowest BCUT2D eigenvalue weighted by atomic mass is 9.77. The summed E-state index contributed by atoms with van der Waals surface area (Å²) in [5, 5.41) is 10.2. The second kappa shape index (κ2) is 4.67. The predicted molar refractivity (Wildman–Crippen MR) is 68.9 cm³/mol. The molecule has 0 radical (unpaired) electrons. The highest BCUT2D eigenvalue weighted by atomic mass is 32.1. The molecule has 0 aromatic carbocycles. The molecule has 94 valence electrons. The lowest BCUT2D eigenvalue weighted by molar-refractivity contribution is -0.0117. The van der Waals surface area contributed by atoms with Crippen LogP contribution < -0.4 is 0 Å². The van der Waals surface area contributed by atoms with Gasteiger partial charge in [0.25, 0.3) is 0 Å². The van der Waals surface area contributed by atoms with Gasteiger partial charge >= 0.3 is 0 Å². The van der Waals surface area contributed by atoms with Gasteiger partial charge in [-0.3, -0.25) is 9.88 Å².